The van der Waals surface area contributed by atoms with Crippen molar-refractivity contribution in [3.63, 3.8) is 0 Å². The monoisotopic (exact) mass is 294 g/mol. The molecule has 0 saturated heterocycles. The highest BCUT2D eigenvalue weighted by Crippen LogP contribution is 2.39. The van der Waals surface area contributed by atoms with Crippen molar-refractivity contribution in [1.82, 2.24) is 0 Å². The van der Waals surface area contributed by atoms with Crippen LogP contribution in [0, 0.1) is 0 Å². The van der Waals surface area contributed by atoms with Gasteiger partial charge in [0.2, 0.25) is 0 Å². The Bertz CT molecular complexity index is 870. The number of rotatable bonds is 1. The zero-order valence-electron chi connectivity index (χ0n) is 11.0. The second kappa shape index (κ2) is 4.61. The van der Waals surface area contributed by atoms with Gasteiger partial charge in [-0.1, -0.05) is 60.1 Å². The van der Waals surface area contributed by atoms with E-state index in [1.807, 2.05) is 54.6 Å². The smallest absolute Gasteiger partial charge is 0.339 e. The van der Waals surface area contributed by atoms with Crippen molar-refractivity contribution in [2.45, 2.75) is 6.10 Å². The number of esters is 1. The number of cyclic esters (lactones) is 1. The first kappa shape index (κ1) is 12.4. The summed E-state index contributed by atoms with van der Waals surface area (Å²) in [6, 6.07) is 19.2. The average molecular weight is 295 g/mol. The Kier molecular flexibility index (Phi) is 2.72. The van der Waals surface area contributed by atoms with Crippen molar-refractivity contribution >= 4 is 28.3 Å². The Morgan fingerprint density at radius 2 is 1.52 bits per heavy atom. The predicted octanol–water partition coefficient (Wildman–Crippen LogP) is 4.75. The summed E-state index contributed by atoms with van der Waals surface area (Å²) >= 11 is 6.26. The fraction of sp³-hybridized carbons (Fsp3) is 0.0556. The number of fused-ring (bicyclic) bond motifs is 2. The van der Waals surface area contributed by atoms with Gasteiger partial charge in [0.05, 0.1) is 5.56 Å². The molecule has 0 radical (unpaired) electrons. The minimum Gasteiger partial charge on any atom is -0.449 e. The van der Waals surface area contributed by atoms with Gasteiger partial charge in [-0.05, 0) is 17.5 Å². The van der Waals surface area contributed by atoms with Gasteiger partial charge in [0, 0.05) is 21.5 Å². The molecular formula is C18H11ClO2. The fourth-order valence-electron chi connectivity index (χ4n) is 2.90. The summed E-state index contributed by atoms with van der Waals surface area (Å²) in [6.07, 6.45) is -0.365. The molecule has 0 aromatic heterocycles. The first-order chi connectivity index (χ1) is 10.3. The van der Waals surface area contributed by atoms with E-state index in [1.54, 1.807) is 6.07 Å². The molecule has 102 valence electrons. The van der Waals surface area contributed by atoms with Crippen LogP contribution in [0.5, 0.6) is 0 Å². The maximum Gasteiger partial charge on any atom is 0.339 e. The van der Waals surface area contributed by atoms with Crippen molar-refractivity contribution in [1.29, 1.82) is 0 Å². The highest BCUT2D eigenvalue weighted by atomic mass is 35.5. The Labute approximate surface area is 126 Å². The van der Waals surface area contributed by atoms with Crippen LogP contribution in [0.3, 0.4) is 0 Å². The van der Waals surface area contributed by atoms with E-state index in [4.69, 9.17) is 16.3 Å². The maximum absolute atomic E-state index is 12.0. The highest BCUT2D eigenvalue weighted by Gasteiger charge is 2.32. The predicted molar refractivity (Wildman–Crippen MR) is 82.7 cm³/mol. The van der Waals surface area contributed by atoms with Gasteiger partial charge in [-0.15, -0.1) is 0 Å². The fourth-order valence-corrected chi connectivity index (χ4v) is 3.14. The zero-order chi connectivity index (χ0) is 14.4. The van der Waals surface area contributed by atoms with Crippen molar-refractivity contribution in [3.8, 4) is 0 Å². The number of halogens is 1. The molecule has 3 aromatic carbocycles. The summed E-state index contributed by atoms with van der Waals surface area (Å²) in [5.74, 6) is -0.269. The van der Waals surface area contributed by atoms with E-state index >= 15 is 0 Å². The zero-order valence-corrected chi connectivity index (χ0v) is 11.8. The van der Waals surface area contributed by atoms with Crippen molar-refractivity contribution in [2.75, 3.05) is 0 Å². The summed E-state index contributed by atoms with van der Waals surface area (Å²) < 4.78 is 5.58. The molecule has 0 fully saturated rings. The first-order valence-corrected chi connectivity index (χ1v) is 7.10. The van der Waals surface area contributed by atoms with E-state index in [0.717, 1.165) is 21.9 Å². The summed E-state index contributed by atoms with van der Waals surface area (Å²) in [5, 5.41) is 2.68. The van der Waals surface area contributed by atoms with Crippen LogP contribution in [0.15, 0.2) is 60.7 Å². The number of carbonyl (C=O) groups is 1. The van der Waals surface area contributed by atoms with Gasteiger partial charge in [-0.3, -0.25) is 0 Å². The molecule has 3 aromatic rings. The van der Waals surface area contributed by atoms with Gasteiger partial charge in [-0.25, -0.2) is 4.79 Å². The third-order valence-corrected chi connectivity index (χ3v) is 4.20. The molecule has 3 heteroatoms. The summed E-state index contributed by atoms with van der Waals surface area (Å²) in [6.45, 7) is 0. The van der Waals surface area contributed by atoms with Crippen molar-refractivity contribution in [3.05, 3.63) is 82.4 Å². The topological polar surface area (TPSA) is 26.3 Å². The van der Waals surface area contributed by atoms with E-state index in [0.29, 0.717) is 10.6 Å². The van der Waals surface area contributed by atoms with Crippen LogP contribution in [-0.4, -0.2) is 5.97 Å². The molecule has 0 N–H and O–H groups in total. The molecule has 0 bridgehead atoms. The maximum atomic E-state index is 12.0. The average Bonchev–Trinajstić information content (AvgIpc) is 2.85. The van der Waals surface area contributed by atoms with E-state index in [-0.39, 0.29) is 12.1 Å². The number of carbonyl (C=O) groups excluding carboxylic acids is 1. The van der Waals surface area contributed by atoms with E-state index in [1.165, 1.54) is 0 Å². The Morgan fingerprint density at radius 3 is 2.43 bits per heavy atom. The summed E-state index contributed by atoms with van der Waals surface area (Å²) in [5.41, 5.74) is 2.52. The molecule has 0 amide bonds. The molecule has 1 atom stereocenters. The second-order valence-electron chi connectivity index (χ2n) is 5.05. The van der Waals surface area contributed by atoms with Crippen LogP contribution in [0.2, 0.25) is 5.02 Å². The lowest BCUT2D eigenvalue weighted by Gasteiger charge is -2.14. The lowest BCUT2D eigenvalue weighted by atomic mass is 9.95. The minimum absolute atomic E-state index is 0.269. The highest BCUT2D eigenvalue weighted by molar-refractivity contribution is 6.35. The third kappa shape index (κ3) is 1.83. The Balaban J connectivity index is 1.97. The van der Waals surface area contributed by atoms with E-state index < -0.39 is 0 Å². The van der Waals surface area contributed by atoms with Gasteiger partial charge >= 0.3 is 5.97 Å². The normalized spacial score (nSPS) is 16.8. The van der Waals surface area contributed by atoms with Crippen LogP contribution >= 0.6 is 11.6 Å². The van der Waals surface area contributed by atoms with Gasteiger partial charge in [0.1, 0.15) is 0 Å². The van der Waals surface area contributed by atoms with E-state index in [2.05, 4.69) is 0 Å². The van der Waals surface area contributed by atoms with E-state index in [9.17, 15) is 4.79 Å². The molecule has 4 rings (SSSR count). The Hall–Kier alpha value is -2.32. The number of benzene rings is 3. The van der Waals surface area contributed by atoms with Crippen LogP contribution < -0.4 is 0 Å². The van der Waals surface area contributed by atoms with Crippen molar-refractivity contribution in [2.24, 2.45) is 0 Å². The van der Waals surface area contributed by atoms with Gasteiger partial charge < -0.3 is 4.74 Å². The second-order valence-corrected chi connectivity index (χ2v) is 5.46. The molecule has 0 unspecified atom stereocenters. The number of hydrogen-bond donors (Lipinski definition) is 0. The summed E-state index contributed by atoms with van der Waals surface area (Å²) in [4.78, 5) is 12.0. The van der Waals surface area contributed by atoms with Crippen LogP contribution in [0.4, 0.5) is 0 Å². The molecule has 0 saturated carbocycles. The number of hydrogen-bond acceptors (Lipinski definition) is 2. The van der Waals surface area contributed by atoms with Crippen molar-refractivity contribution < 1.29 is 9.53 Å². The third-order valence-electron chi connectivity index (χ3n) is 3.87. The molecule has 21 heavy (non-hydrogen) atoms. The molecule has 1 aliphatic rings. The standard InChI is InChI=1S/C18H11ClO2/c19-16-10-4-7-11-12(16)8-3-9-13(11)17-14-5-1-2-6-15(14)18(20)21-17/h1-10,17H/t17-/m0/s1. The molecule has 1 aliphatic heterocycles. The minimum atomic E-state index is -0.365. The lowest BCUT2D eigenvalue weighted by molar-refractivity contribution is 0.0458. The largest absolute Gasteiger partial charge is 0.449 e. The molecule has 0 spiro atoms. The first-order valence-electron chi connectivity index (χ1n) is 6.73. The van der Waals surface area contributed by atoms with Crippen LogP contribution in [0.25, 0.3) is 10.8 Å². The molecule has 1 heterocycles. The number of ether oxygens (including phenoxy) is 1. The van der Waals surface area contributed by atoms with Crippen LogP contribution in [-0.2, 0) is 4.74 Å². The van der Waals surface area contributed by atoms with Gasteiger partial charge in [-0.2, -0.15) is 0 Å². The van der Waals surface area contributed by atoms with Gasteiger partial charge in [0.25, 0.3) is 0 Å². The lowest BCUT2D eigenvalue weighted by Crippen LogP contribution is -2.01. The SMILES string of the molecule is O=C1O[C@@H](c2cccc3c(Cl)cccc23)c2ccccc21. The molecule has 0 aliphatic carbocycles. The van der Waals surface area contributed by atoms with Crippen LogP contribution in [0.1, 0.15) is 27.6 Å². The summed E-state index contributed by atoms with van der Waals surface area (Å²) in [7, 11) is 0. The molecule has 2 nitrogen and oxygen atoms in total. The Morgan fingerprint density at radius 1 is 0.810 bits per heavy atom. The molecular weight excluding hydrogens is 284 g/mol. The quantitative estimate of drug-likeness (QED) is 0.605. The van der Waals surface area contributed by atoms with Gasteiger partial charge in [0.15, 0.2) is 6.10 Å².